The van der Waals surface area contributed by atoms with E-state index in [1.54, 1.807) is 0 Å². The van der Waals surface area contributed by atoms with E-state index in [0.29, 0.717) is 178 Å². The van der Waals surface area contributed by atoms with Gasteiger partial charge in [-0.2, -0.15) is 0 Å². The summed E-state index contributed by atoms with van der Waals surface area (Å²) in [5.74, 6) is -2.02. The Hall–Kier alpha value is -1.12. The van der Waals surface area contributed by atoms with Crippen LogP contribution in [0, 0.1) is 136 Å². The molecular weight excluding hydrogens is 1870 g/mol. The van der Waals surface area contributed by atoms with Gasteiger partial charge in [-0.15, -0.1) is 0 Å². The van der Waals surface area contributed by atoms with Gasteiger partial charge in [-0.1, -0.05) is 194 Å². The van der Waals surface area contributed by atoms with Crippen molar-refractivity contribution in [1.82, 2.24) is 0 Å². The molecule has 22 aliphatic rings. The summed E-state index contributed by atoms with van der Waals surface area (Å²) in [5.41, 5.74) is 3.81. The highest BCUT2D eigenvalue weighted by molar-refractivity contribution is 5.07. The Balaban J connectivity index is 0.000000152. The summed E-state index contributed by atoms with van der Waals surface area (Å²) in [6.07, 6.45) is 45.3. The van der Waals surface area contributed by atoms with Crippen LogP contribution in [0.4, 0.5) is 35.1 Å². The van der Waals surface area contributed by atoms with Crippen molar-refractivity contribution < 1.29 is 101 Å². The second-order valence-electron chi connectivity index (χ2n) is 58.6. The molecule has 22 rings (SSSR count). The van der Waals surface area contributed by atoms with Gasteiger partial charge in [-0.25, -0.2) is 35.1 Å². The van der Waals surface area contributed by atoms with Crippen LogP contribution in [0.1, 0.15) is 451 Å². The first-order valence-electron chi connectivity index (χ1n) is 60.1. The number of rotatable bonds is 12. The first-order chi connectivity index (χ1) is 68.0. The number of ether oxygens (including phenoxy) is 14. The second-order valence-corrected chi connectivity index (χ2v) is 58.6. The summed E-state index contributed by atoms with van der Waals surface area (Å²) < 4.78 is 182. The highest BCUT2D eigenvalue weighted by Crippen LogP contribution is 2.63. The smallest absolute Gasteiger partial charge is 0.249 e. The molecule has 22 fully saturated rings. The van der Waals surface area contributed by atoms with Crippen LogP contribution < -0.4 is 0 Å². The third-order valence-electron chi connectivity index (χ3n) is 38.8. The van der Waals surface area contributed by atoms with Crippen molar-refractivity contribution in [3.05, 3.63) is 0 Å². The fourth-order valence-electron chi connectivity index (χ4n) is 26.6. The van der Waals surface area contributed by atoms with E-state index in [0.717, 1.165) is 142 Å². The van der Waals surface area contributed by atoms with Crippen molar-refractivity contribution in [2.45, 2.75) is 548 Å². The lowest BCUT2D eigenvalue weighted by molar-refractivity contribution is -0.215. The minimum absolute atomic E-state index is 0.0464. The van der Waals surface area contributed by atoms with Crippen LogP contribution in [0.5, 0.6) is 0 Å². The molecule has 14 heterocycles. The first kappa shape index (κ1) is 125. The lowest BCUT2D eigenvalue weighted by atomic mass is 9.62. The third-order valence-corrected chi connectivity index (χ3v) is 38.8. The van der Waals surface area contributed by atoms with Gasteiger partial charge in [0.2, 0.25) is 23.7 Å². The highest BCUT2D eigenvalue weighted by Gasteiger charge is 2.62. The molecular formula is C124H220F8O14. The Labute approximate surface area is 885 Å². The summed E-state index contributed by atoms with van der Waals surface area (Å²) in [5, 5.41) is 0. The van der Waals surface area contributed by atoms with Crippen LogP contribution >= 0.6 is 0 Å². The molecule has 14 saturated heterocycles. The van der Waals surface area contributed by atoms with Gasteiger partial charge in [0.05, 0.1) is 153 Å². The average Bonchev–Trinajstić information content (AvgIpc) is 1.71. The van der Waals surface area contributed by atoms with Crippen LogP contribution in [0.15, 0.2) is 0 Å². The molecule has 14 aliphatic heterocycles. The number of hydrogen-bond acceptors (Lipinski definition) is 14. The van der Waals surface area contributed by atoms with E-state index in [1.807, 2.05) is 0 Å². The zero-order valence-corrected chi connectivity index (χ0v) is 98.2. The fourth-order valence-corrected chi connectivity index (χ4v) is 26.6. The molecule has 12 atom stereocenters. The molecule has 22 heteroatoms. The lowest BCUT2D eigenvalue weighted by Crippen LogP contribution is -2.52. The van der Waals surface area contributed by atoms with Gasteiger partial charge >= 0.3 is 0 Å². The van der Waals surface area contributed by atoms with Crippen LogP contribution in [0.3, 0.4) is 0 Å². The van der Waals surface area contributed by atoms with Crippen molar-refractivity contribution >= 4 is 0 Å². The van der Waals surface area contributed by atoms with Gasteiger partial charge in [-0.3, -0.25) is 0 Å². The Morgan fingerprint density at radius 3 is 0.404 bits per heavy atom. The van der Waals surface area contributed by atoms with E-state index in [1.165, 1.54) is 154 Å². The van der Waals surface area contributed by atoms with E-state index >= 15 is 0 Å². The molecule has 0 bridgehead atoms. The SMILES string of the molecule is CC(C)[C@@H]1CC(C)(C)CO1.CC(C)[C@@H]1CC2(CC2)CO1.CC(C)[C@@H]1CCC2(CC2)CO1.CC(C)[C@@H]1CCC2(CCOCC2)CO1.CC(C)[C@@H]1CCC2(CO1)CC(F)(F)C2.CC(C)[C@@H]1CCC2(CO1)CC(F)(F)C2.CC(C)[C@H]1CC(C)(C)CO1.CC(C)[C@H]1CC2(CC2)CO1.CC(C)[C@H]1CCC2(CC2)CO1.CC(C)[C@H]1CCC2(CCOCC2)CO1.CC(C)[C@H]1CCC2(CO1)CC(F)(F)C2.CC(C)[C@H]1CCC2(CO1)CC(F)(F)C2. The minimum Gasteiger partial charge on any atom is -0.381 e. The van der Waals surface area contributed by atoms with Crippen molar-refractivity contribution in [1.29, 1.82) is 0 Å². The number of alkyl halides is 8. The van der Waals surface area contributed by atoms with E-state index in [9.17, 15) is 35.1 Å². The van der Waals surface area contributed by atoms with E-state index in [-0.39, 0.29) is 97.4 Å². The normalized spacial score (nSPS) is 33.9. The zero-order chi connectivity index (χ0) is 107. The molecule has 146 heavy (non-hydrogen) atoms. The molecule has 8 saturated carbocycles. The first-order valence-corrected chi connectivity index (χ1v) is 60.1. The molecule has 856 valence electrons. The Kier molecular flexibility index (Phi) is 44.8. The summed E-state index contributed by atoms with van der Waals surface area (Å²) in [6, 6.07) is 0. The molecule has 0 amide bonds. The van der Waals surface area contributed by atoms with Crippen molar-refractivity contribution in [2.24, 2.45) is 136 Å². The zero-order valence-electron chi connectivity index (χ0n) is 98.2. The quantitative estimate of drug-likeness (QED) is 0.172. The van der Waals surface area contributed by atoms with Gasteiger partial charge in [0.25, 0.3) is 0 Å². The standard InChI is InChI=1S/2C12H22O2.4C11H18F2O.2C10H18O.2C9H16O.2C9H18O/c2*1-10(2)11-3-4-12(9-14-11)5-7-13-8-6-12;4*1-8(2)9-3-4-10(7-14-9)5-11(12,13)6-10;2*1-8(2)9-3-4-10(5-6-10)7-11-9;2*1-7(2)8-5-9(3-4-9)6-10-8;2*1-7(2)8-5-9(3,4)6-10-8/h2*10-11H,3-9H2,1-2H3;4*8-9H,3-7H2,1-2H3;2*8-9H,3-7H2,1-2H3;2*7-8H,3-6H2,1-2H3;2*7-8H,5-6H2,1-4H3/t2*11-;6*9-;4*8-/m101100101010/s1. The minimum atomic E-state index is -2.41. The van der Waals surface area contributed by atoms with Crippen LogP contribution in [-0.4, -0.2) is 203 Å². The van der Waals surface area contributed by atoms with Crippen molar-refractivity contribution in [3.8, 4) is 0 Å². The predicted molar refractivity (Wildman–Crippen MR) is 573 cm³/mol. The predicted octanol–water partition coefficient (Wildman–Crippen LogP) is 32.7. The maximum atomic E-state index is 12.8. The summed E-state index contributed by atoms with van der Waals surface area (Å²) in [6.45, 7) is 76.1. The summed E-state index contributed by atoms with van der Waals surface area (Å²) in [7, 11) is 0. The fraction of sp³-hybridized carbons (Fsp3) is 1.00. The molecule has 10 spiro atoms. The maximum absolute atomic E-state index is 12.8. The Morgan fingerprint density at radius 1 is 0.158 bits per heavy atom. The molecule has 14 nitrogen and oxygen atoms in total. The van der Waals surface area contributed by atoms with Crippen molar-refractivity contribution in [3.63, 3.8) is 0 Å². The number of halogens is 8. The lowest BCUT2D eigenvalue weighted by Gasteiger charge is -2.51. The van der Waals surface area contributed by atoms with E-state index in [4.69, 9.17) is 66.3 Å². The molecule has 0 radical (unpaired) electrons. The Bertz CT molecular complexity index is 3290. The Morgan fingerprint density at radius 2 is 0.295 bits per heavy atom. The van der Waals surface area contributed by atoms with Gasteiger partial charge in [0.1, 0.15) is 0 Å². The van der Waals surface area contributed by atoms with Crippen molar-refractivity contribution in [2.75, 3.05) is 106 Å². The van der Waals surface area contributed by atoms with E-state index in [2.05, 4.69) is 194 Å². The molecule has 0 N–H and O–H groups in total. The largest absolute Gasteiger partial charge is 0.381 e. The van der Waals surface area contributed by atoms with E-state index < -0.39 is 23.7 Å². The van der Waals surface area contributed by atoms with Crippen LogP contribution in [0.25, 0.3) is 0 Å². The molecule has 8 aliphatic carbocycles. The summed E-state index contributed by atoms with van der Waals surface area (Å²) >= 11 is 0. The molecule has 0 aromatic carbocycles. The second kappa shape index (κ2) is 52.3. The molecule has 0 aromatic rings. The van der Waals surface area contributed by atoms with Gasteiger partial charge < -0.3 is 66.3 Å². The van der Waals surface area contributed by atoms with Crippen LogP contribution in [-0.2, 0) is 66.3 Å². The molecule has 0 unspecified atom stereocenters. The monoisotopic (exact) mass is 2090 g/mol. The van der Waals surface area contributed by atoms with Crippen LogP contribution in [0.2, 0.25) is 0 Å². The van der Waals surface area contributed by atoms with Gasteiger partial charge in [-0.05, 0) is 320 Å². The summed E-state index contributed by atoms with van der Waals surface area (Å²) in [4.78, 5) is 0. The highest BCUT2D eigenvalue weighted by atomic mass is 19.3. The maximum Gasteiger partial charge on any atom is 0.249 e. The van der Waals surface area contributed by atoms with Gasteiger partial charge in [0.15, 0.2) is 0 Å². The third kappa shape index (κ3) is 38.1. The van der Waals surface area contributed by atoms with Gasteiger partial charge in [0, 0.05) is 99.5 Å². The topological polar surface area (TPSA) is 129 Å². The average molecular weight is 2090 g/mol. The molecule has 0 aromatic heterocycles. The number of hydrogen-bond donors (Lipinski definition) is 0.